The van der Waals surface area contributed by atoms with E-state index in [1.54, 1.807) is 0 Å². The first-order valence-corrected chi connectivity index (χ1v) is 6.62. The SMILES string of the molecule is CC(O)C1(c2ccc(N3CCCC3)nc2)CC1. The van der Waals surface area contributed by atoms with Gasteiger partial charge in [-0.25, -0.2) is 4.98 Å². The Bertz CT molecular complexity index is 389. The largest absolute Gasteiger partial charge is 0.392 e. The number of anilines is 1. The monoisotopic (exact) mass is 232 g/mol. The van der Waals surface area contributed by atoms with E-state index in [1.807, 2.05) is 13.1 Å². The molecule has 1 aromatic heterocycles. The molecule has 0 radical (unpaired) electrons. The number of aromatic nitrogens is 1. The van der Waals surface area contributed by atoms with Crippen LogP contribution in [0.15, 0.2) is 18.3 Å². The van der Waals surface area contributed by atoms with E-state index in [1.165, 1.54) is 18.4 Å². The molecular weight excluding hydrogens is 212 g/mol. The molecule has 1 atom stereocenters. The highest BCUT2D eigenvalue weighted by atomic mass is 16.3. The fraction of sp³-hybridized carbons (Fsp3) is 0.643. The Hall–Kier alpha value is -1.09. The lowest BCUT2D eigenvalue weighted by atomic mass is 9.92. The molecule has 2 aliphatic rings. The second-order valence-electron chi connectivity index (χ2n) is 5.43. The maximum Gasteiger partial charge on any atom is 0.128 e. The second kappa shape index (κ2) is 3.98. The van der Waals surface area contributed by atoms with Crippen LogP contribution in [-0.2, 0) is 5.41 Å². The van der Waals surface area contributed by atoms with Crippen LogP contribution in [0.4, 0.5) is 5.82 Å². The molecule has 3 nitrogen and oxygen atoms in total. The summed E-state index contributed by atoms with van der Waals surface area (Å²) in [6.07, 6.45) is 6.45. The zero-order chi connectivity index (χ0) is 11.9. The lowest BCUT2D eigenvalue weighted by molar-refractivity contribution is 0.150. The standard InChI is InChI=1S/C14H20N2O/c1-11(17)14(6-7-14)12-4-5-13(15-10-12)16-8-2-3-9-16/h4-5,10-11,17H,2-3,6-9H2,1H3. The van der Waals surface area contributed by atoms with Gasteiger partial charge in [-0.2, -0.15) is 0 Å². The minimum Gasteiger partial charge on any atom is -0.392 e. The van der Waals surface area contributed by atoms with Gasteiger partial charge in [0.05, 0.1) is 6.10 Å². The quantitative estimate of drug-likeness (QED) is 0.867. The molecule has 1 aliphatic heterocycles. The maximum atomic E-state index is 9.84. The van der Waals surface area contributed by atoms with Crippen LogP contribution >= 0.6 is 0 Å². The Morgan fingerprint density at radius 2 is 2.00 bits per heavy atom. The van der Waals surface area contributed by atoms with Crippen LogP contribution in [0, 0.1) is 0 Å². The minimum atomic E-state index is -0.262. The van der Waals surface area contributed by atoms with Crippen LogP contribution in [0.1, 0.15) is 38.2 Å². The molecule has 1 unspecified atom stereocenters. The van der Waals surface area contributed by atoms with E-state index >= 15 is 0 Å². The summed E-state index contributed by atoms with van der Waals surface area (Å²) in [4.78, 5) is 6.90. The maximum absolute atomic E-state index is 9.84. The highest BCUT2D eigenvalue weighted by Crippen LogP contribution is 2.50. The van der Waals surface area contributed by atoms with E-state index in [0.29, 0.717) is 0 Å². The molecule has 1 aromatic rings. The lowest BCUT2D eigenvalue weighted by Crippen LogP contribution is -2.23. The molecule has 2 fully saturated rings. The third kappa shape index (κ3) is 1.82. The second-order valence-corrected chi connectivity index (χ2v) is 5.43. The van der Waals surface area contributed by atoms with Crippen molar-refractivity contribution in [3.63, 3.8) is 0 Å². The van der Waals surface area contributed by atoms with Crippen LogP contribution in [0.5, 0.6) is 0 Å². The van der Waals surface area contributed by atoms with Crippen molar-refractivity contribution in [2.24, 2.45) is 0 Å². The normalized spacial score (nSPS) is 23.8. The third-order valence-electron chi connectivity index (χ3n) is 4.34. The number of aliphatic hydroxyl groups is 1. The van der Waals surface area contributed by atoms with Gasteiger partial charge in [-0.1, -0.05) is 6.07 Å². The zero-order valence-corrected chi connectivity index (χ0v) is 10.4. The molecule has 0 bridgehead atoms. The van der Waals surface area contributed by atoms with Gasteiger partial charge < -0.3 is 10.0 Å². The van der Waals surface area contributed by atoms with E-state index in [2.05, 4.69) is 22.0 Å². The van der Waals surface area contributed by atoms with E-state index in [0.717, 1.165) is 31.7 Å². The molecule has 0 amide bonds. The number of aliphatic hydroxyl groups excluding tert-OH is 1. The van der Waals surface area contributed by atoms with Crippen molar-refractivity contribution in [1.29, 1.82) is 0 Å². The van der Waals surface area contributed by atoms with Crippen molar-refractivity contribution >= 4 is 5.82 Å². The predicted molar refractivity (Wildman–Crippen MR) is 68.3 cm³/mol. The van der Waals surface area contributed by atoms with Gasteiger partial charge in [0.1, 0.15) is 5.82 Å². The van der Waals surface area contributed by atoms with Gasteiger partial charge in [-0.3, -0.25) is 0 Å². The molecule has 1 aliphatic carbocycles. The smallest absolute Gasteiger partial charge is 0.128 e. The summed E-state index contributed by atoms with van der Waals surface area (Å²) >= 11 is 0. The van der Waals surface area contributed by atoms with Crippen molar-refractivity contribution in [2.45, 2.75) is 44.1 Å². The average molecular weight is 232 g/mol. The minimum absolute atomic E-state index is 0.0105. The molecule has 0 aromatic carbocycles. The number of hydrogen-bond donors (Lipinski definition) is 1. The first kappa shape index (κ1) is 11.0. The Kier molecular flexibility index (Phi) is 2.58. The Labute approximate surface area is 102 Å². The van der Waals surface area contributed by atoms with Crippen LogP contribution in [-0.4, -0.2) is 29.3 Å². The van der Waals surface area contributed by atoms with Gasteiger partial charge in [0, 0.05) is 24.7 Å². The van der Waals surface area contributed by atoms with Gasteiger partial charge in [-0.05, 0) is 44.2 Å². The summed E-state index contributed by atoms with van der Waals surface area (Å²) in [6.45, 7) is 4.16. The van der Waals surface area contributed by atoms with Crippen molar-refractivity contribution in [3.05, 3.63) is 23.9 Å². The van der Waals surface area contributed by atoms with E-state index in [-0.39, 0.29) is 11.5 Å². The van der Waals surface area contributed by atoms with E-state index in [4.69, 9.17) is 0 Å². The number of rotatable bonds is 3. The van der Waals surface area contributed by atoms with Crippen molar-refractivity contribution in [3.8, 4) is 0 Å². The molecule has 0 spiro atoms. The Morgan fingerprint density at radius 3 is 2.47 bits per heavy atom. The van der Waals surface area contributed by atoms with Crippen LogP contribution in [0.2, 0.25) is 0 Å². The number of nitrogens with zero attached hydrogens (tertiary/aromatic N) is 2. The predicted octanol–water partition coefficient (Wildman–Crippen LogP) is 2.09. The average Bonchev–Trinajstić information content (AvgIpc) is 2.98. The van der Waals surface area contributed by atoms with Crippen LogP contribution in [0.25, 0.3) is 0 Å². The highest BCUT2D eigenvalue weighted by Gasteiger charge is 2.48. The Morgan fingerprint density at radius 1 is 1.29 bits per heavy atom. The first-order chi connectivity index (χ1) is 8.22. The van der Waals surface area contributed by atoms with Gasteiger partial charge in [0.2, 0.25) is 0 Å². The molecule has 1 saturated heterocycles. The van der Waals surface area contributed by atoms with Gasteiger partial charge in [0.25, 0.3) is 0 Å². The van der Waals surface area contributed by atoms with Crippen molar-refractivity contribution < 1.29 is 5.11 Å². The molecule has 3 heteroatoms. The van der Waals surface area contributed by atoms with Gasteiger partial charge in [0.15, 0.2) is 0 Å². The molecule has 2 heterocycles. The third-order valence-corrected chi connectivity index (χ3v) is 4.34. The number of pyridine rings is 1. The molecule has 3 rings (SSSR count). The molecule has 1 saturated carbocycles. The summed E-state index contributed by atoms with van der Waals surface area (Å²) in [7, 11) is 0. The fourth-order valence-electron chi connectivity index (χ4n) is 2.90. The molecule has 1 N–H and O–H groups in total. The van der Waals surface area contributed by atoms with Crippen molar-refractivity contribution in [2.75, 3.05) is 18.0 Å². The topological polar surface area (TPSA) is 36.4 Å². The van der Waals surface area contributed by atoms with E-state index < -0.39 is 0 Å². The summed E-state index contributed by atoms with van der Waals surface area (Å²) in [6, 6.07) is 4.27. The van der Waals surface area contributed by atoms with Gasteiger partial charge in [-0.15, -0.1) is 0 Å². The zero-order valence-electron chi connectivity index (χ0n) is 10.4. The van der Waals surface area contributed by atoms with E-state index in [9.17, 15) is 5.11 Å². The number of hydrogen-bond acceptors (Lipinski definition) is 3. The van der Waals surface area contributed by atoms with Gasteiger partial charge >= 0.3 is 0 Å². The summed E-state index contributed by atoms with van der Waals surface area (Å²) < 4.78 is 0. The van der Waals surface area contributed by atoms with Crippen LogP contribution < -0.4 is 4.90 Å². The van der Waals surface area contributed by atoms with Crippen molar-refractivity contribution in [1.82, 2.24) is 4.98 Å². The van der Waals surface area contributed by atoms with Crippen LogP contribution in [0.3, 0.4) is 0 Å². The fourth-order valence-corrected chi connectivity index (χ4v) is 2.90. The lowest BCUT2D eigenvalue weighted by Gasteiger charge is -2.21. The summed E-state index contributed by atoms with van der Waals surface area (Å²) in [5.74, 6) is 1.09. The summed E-state index contributed by atoms with van der Waals surface area (Å²) in [5.41, 5.74) is 1.21. The molecule has 92 valence electrons. The summed E-state index contributed by atoms with van der Waals surface area (Å²) in [5, 5.41) is 9.84. The first-order valence-electron chi connectivity index (χ1n) is 6.62. The Balaban J connectivity index is 1.80. The highest BCUT2D eigenvalue weighted by molar-refractivity contribution is 5.43. The molecular formula is C14H20N2O. The molecule has 17 heavy (non-hydrogen) atoms.